The second-order valence-electron chi connectivity index (χ2n) is 8.66. The third kappa shape index (κ3) is 3.80. The molecule has 0 aromatic heterocycles. The van der Waals surface area contributed by atoms with Crippen molar-refractivity contribution in [1.29, 1.82) is 0 Å². The molecule has 4 rings (SSSR count). The van der Waals surface area contributed by atoms with E-state index in [2.05, 4.69) is 12.2 Å². The Labute approximate surface area is 183 Å². The first-order valence-corrected chi connectivity index (χ1v) is 10.8. The highest BCUT2D eigenvalue weighted by atomic mass is 16.2. The number of carbonyl (C=O) groups is 3. The number of nitrogens with zero attached hydrogens (tertiary/aromatic N) is 1. The number of imide groups is 1. The highest BCUT2D eigenvalue weighted by Gasteiger charge is 2.50. The van der Waals surface area contributed by atoms with Crippen LogP contribution in [0.3, 0.4) is 0 Å². The summed E-state index contributed by atoms with van der Waals surface area (Å²) in [6, 6.07) is 19.2. The van der Waals surface area contributed by atoms with Gasteiger partial charge in [-0.3, -0.25) is 19.3 Å². The van der Waals surface area contributed by atoms with Gasteiger partial charge in [0.05, 0.1) is 11.8 Å². The van der Waals surface area contributed by atoms with Gasteiger partial charge >= 0.3 is 0 Å². The van der Waals surface area contributed by atoms with Crippen LogP contribution >= 0.6 is 0 Å². The Morgan fingerprint density at radius 3 is 1.84 bits per heavy atom. The van der Waals surface area contributed by atoms with E-state index < -0.39 is 11.5 Å². The smallest absolute Gasteiger partial charge is 0.243 e. The van der Waals surface area contributed by atoms with Crippen LogP contribution < -0.4 is 5.32 Å². The molecule has 5 heteroatoms. The minimum Gasteiger partial charge on any atom is -0.353 e. The van der Waals surface area contributed by atoms with Gasteiger partial charge in [0.1, 0.15) is 6.04 Å². The first kappa shape index (κ1) is 21.0. The van der Waals surface area contributed by atoms with E-state index in [1.165, 1.54) is 4.90 Å². The quantitative estimate of drug-likeness (QED) is 0.579. The summed E-state index contributed by atoms with van der Waals surface area (Å²) in [5, 5.41) is 3.02. The summed E-state index contributed by atoms with van der Waals surface area (Å²) >= 11 is 0. The Morgan fingerprint density at radius 1 is 0.935 bits per heavy atom. The molecule has 1 fully saturated rings. The molecule has 0 radical (unpaired) electrons. The topological polar surface area (TPSA) is 66.5 Å². The van der Waals surface area contributed by atoms with Crippen LogP contribution in [0.5, 0.6) is 0 Å². The van der Waals surface area contributed by atoms with Gasteiger partial charge in [0.25, 0.3) is 0 Å². The van der Waals surface area contributed by atoms with E-state index in [1.54, 1.807) is 6.92 Å². The second-order valence-corrected chi connectivity index (χ2v) is 8.66. The van der Waals surface area contributed by atoms with Crippen molar-refractivity contribution in [2.75, 3.05) is 6.54 Å². The molecule has 31 heavy (non-hydrogen) atoms. The molecule has 1 heterocycles. The Morgan fingerprint density at radius 2 is 1.39 bits per heavy atom. The van der Waals surface area contributed by atoms with Gasteiger partial charge in [0.2, 0.25) is 17.7 Å². The number of likely N-dealkylation sites (tertiary alicyclic amines) is 1. The van der Waals surface area contributed by atoms with Crippen molar-refractivity contribution in [3.05, 3.63) is 83.9 Å². The predicted octanol–water partition coefficient (Wildman–Crippen LogP) is 3.45. The number of hydrogen-bond donors (Lipinski definition) is 1. The van der Waals surface area contributed by atoms with Crippen LogP contribution in [0.25, 0.3) is 0 Å². The fourth-order valence-electron chi connectivity index (χ4n) is 4.72. The number of fused-ring (bicyclic) bond motifs is 1. The zero-order valence-corrected chi connectivity index (χ0v) is 18.0. The molecule has 0 spiro atoms. The average molecular weight is 417 g/mol. The molecular weight excluding hydrogens is 388 g/mol. The summed E-state index contributed by atoms with van der Waals surface area (Å²) < 4.78 is 0. The van der Waals surface area contributed by atoms with Crippen LogP contribution in [-0.4, -0.2) is 35.2 Å². The number of carbonyl (C=O) groups excluding carboxylic acids is 3. The van der Waals surface area contributed by atoms with Crippen LogP contribution in [-0.2, 0) is 19.8 Å². The maximum Gasteiger partial charge on any atom is 0.243 e. The number of hydrogen-bond acceptors (Lipinski definition) is 3. The van der Waals surface area contributed by atoms with Crippen LogP contribution in [0.1, 0.15) is 37.8 Å². The summed E-state index contributed by atoms with van der Waals surface area (Å²) in [5.74, 6) is -1.42. The summed E-state index contributed by atoms with van der Waals surface area (Å²) in [7, 11) is 0. The minimum absolute atomic E-state index is 0.226. The molecular formula is C26H28N2O3. The molecule has 160 valence electrons. The van der Waals surface area contributed by atoms with Crippen LogP contribution in [0, 0.1) is 11.8 Å². The number of rotatable bonds is 6. The molecule has 2 aromatic rings. The molecule has 1 saturated heterocycles. The van der Waals surface area contributed by atoms with Crippen LogP contribution in [0.15, 0.2) is 72.8 Å². The monoisotopic (exact) mass is 416 g/mol. The third-order valence-corrected chi connectivity index (χ3v) is 6.75. The molecule has 3 amide bonds. The molecule has 3 atom stereocenters. The lowest BCUT2D eigenvalue weighted by molar-refractivity contribution is -0.147. The average Bonchev–Trinajstić information content (AvgIpc) is 3.08. The number of nitrogens with one attached hydrogen (secondary N) is 1. The Kier molecular flexibility index (Phi) is 5.77. The van der Waals surface area contributed by atoms with E-state index in [-0.39, 0.29) is 29.6 Å². The summed E-state index contributed by atoms with van der Waals surface area (Å²) in [6.45, 7) is 4.09. The zero-order chi connectivity index (χ0) is 22.0. The predicted molar refractivity (Wildman–Crippen MR) is 119 cm³/mol. The van der Waals surface area contributed by atoms with Gasteiger partial charge < -0.3 is 5.32 Å². The zero-order valence-electron chi connectivity index (χ0n) is 18.0. The van der Waals surface area contributed by atoms with E-state index in [4.69, 9.17) is 0 Å². The van der Waals surface area contributed by atoms with Crippen molar-refractivity contribution >= 4 is 17.7 Å². The molecule has 2 aromatic carbocycles. The van der Waals surface area contributed by atoms with Crippen LogP contribution in [0.2, 0.25) is 0 Å². The molecule has 0 unspecified atom stereocenters. The minimum atomic E-state index is -0.832. The maximum atomic E-state index is 13.1. The lowest BCUT2D eigenvalue weighted by Gasteiger charge is -2.32. The van der Waals surface area contributed by atoms with Gasteiger partial charge in [-0.1, -0.05) is 72.8 Å². The first-order chi connectivity index (χ1) is 14.9. The number of allylic oxidation sites excluding steroid dienone is 2. The highest BCUT2D eigenvalue weighted by molar-refractivity contribution is 6.08. The van der Waals surface area contributed by atoms with Gasteiger partial charge in [-0.2, -0.15) is 0 Å². The van der Waals surface area contributed by atoms with Gasteiger partial charge in [-0.25, -0.2) is 0 Å². The number of benzene rings is 2. The number of amides is 3. The summed E-state index contributed by atoms with van der Waals surface area (Å²) in [4.78, 5) is 39.9. The Bertz CT molecular complexity index is 934. The van der Waals surface area contributed by atoms with Crippen molar-refractivity contribution < 1.29 is 14.4 Å². The second kappa shape index (κ2) is 8.50. The van der Waals surface area contributed by atoms with Crippen molar-refractivity contribution in [2.45, 2.75) is 38.1 Å². The normalized spacial score (nSPS) is 21.7. The molecule has 0 bridgehead atoms. The molecule has 1 aliphatic heterocycles. The maximum absolute atomic E-state index is 13.1. The largest absolute Gasteiger partial charge is 0.353 e. The molecule has 2 aliphatic rings. The van der Waals surface area contributed by atoms with Gasteiger partial charge in [0.15, 0.2) is 0 Å². The summed E-state index contributed by atoms with van der Waals surface area (Å²) in [5.41, 5.74) is 1.72. The van der Waals surface area contributed by atoms with Crippen molar-refractivity contribution in [3.63, 3.8) is 0 Å². The van der Waals surface area contributed by atoms with E-state index in [1.807, 2.05) is 72.8 Å². The third-order valence-electron chi connectivity index (χ3n) is 6.75. The van der Waals surface area contributed by atoms with Gasteiger partial charge in [0, 0.05) is 12.0 Å². The molecule has 1 N–H and O–H groups in total. The Hall–Kier alpha value is -3.21. The van der Waals surface area contributed by atoms with E-state index in [9.17, 15) is 14.4 Å². The summed E-state index contributed by atoms with van der Waals surface area (Å²) in [6.07, 6.45) is 5.04. The SMILES string of the molecule is C[C@H](C(=O)NCC(C)(c1ccccc1)c1ccccc1)N1C(=O)[C@@H]2CC=CC[C@H]2C1=O. The van der Waals surface area contributed by atoms with Gasteiger partial charge in [-0.05, 0) is 37.8 Å². The molecule has 5 nitrogen and oxygen atoms in total. The van der Waals surface area contributed by atoms with Gasteiger partial charge in [-0.15, -0.1) is 0 Å². The Balaban J connectivity index is 1.52. The van der Waals surface area contributed by atoms with E-state index in [0.29, 0.717) is 19.4 Å². The van der Waals surface area contributed by atoms with Crippen LogP contribution in [0.4, 0.5) is 0 Å². The fraction of sp³-hybridized carbons (Fsp3) is 0.346. The van der Waals surface area contributed by atoms with E-state index >= 15 is 0 Å². The fourth-order valence-corrected chi connectivity index (χ4v) is 4.72. The highest BCUT2D eigenvalue weighted by Crippen LogP contribution is 2.36. The first-order valence-electron chi connectivity index (χ1n) is 10.8. The molecule has 1 aliphatic carbocycles. The van der Waals surface area contributed by atoms with Crippen molar-refractivity contribution in [1.82, 2.24) is 10.2 Å². The van der Waals surface area contributed by atoms with Crippen molar-refractivity contribution in [3.8, 4) is 0 Å². The van der Waals surface area contributed by atoms with E-state index in [0.717, 1.165) is 11.1 Å². The standard InChI is InChI=1S/C26H28N2O3/c1-18(28-24(30)21-15-9-10-16-22(21)25(28)31)23(29)27-17-26(2,19-11-5-3-6-12-19)20-13-7-4-8-14-20/h3-14,18,21-22H,15-17H2,1-2H3,(H,27,29)/t18-,21-,22-/m1/s1. The molecule has 0 saturated carbocycles. The lowest BCUT2D eigenvalue weighted by atomic mass is 9.76. The van der Waals surface area contributed by atoms with Crippen molar-refractivity contribution in [2.24, 2.45) is 11.8 Å². The lowest BCUT2D eigenvalue weighted by Crippen LogP contribution is -2.50.